The Labute approximate surface area is 86.9 Å². The quantitative estimate of drug-likeness (QED) is 0.740. The summed E-state index contributed by atoms with van der Waals surface area (Å²) in [4.78, 5) is 22.5. The predicted molar refractivity (Wildman–Crippen MR) is 57.7 cm³/mol. The summed E-state index contributed by atoms with van der Waals surface area (Å²) in [5, 5.41) is 2.73. The zero-order chi connectivity index (χ0) is 11.0. The van der Waals surface area contributed by atoms with Crippen LogP contribution in [0.15, 0.2) is 6.07 Å². The van der Waals surface area contributed by atoms with E-state index in [9.17, 15) is 4.79 Å². The summed E-state index contributed by atoms with van der Waals surface area (Å²) in [7, 11) is 0. The van der Waals surface area contributed by atoms with E-state index in [1.165, 1.54) is 6.92 Å². The molecule has 0 aromatic carbocycles. The third-order valence-electron chi connectivity index (χ3n) is 2.09. The number of aromatic amines is 1. The molecule has 0 fully saturated rings. The van der Waals surface area contributed by atoms with Gasteiger partial charge in [0.1, 0.15) is 5.82 Å². The van der Waals surface area contributed by atoms with Crippen LogP contribution in [0, 0.1) is 13.8 Å². The zero-order valence-corrected chi connectivity index (χ0v) is 8.88. The van der Waals surface area contributed by atoms with Crippen LogP contribution >= 0.6 is 0 Å². The molecule has 5 heteroatoms. The Kier molecular flexibility index (Phi) is 2.15. The molecule has 15 heavy (non-hydrogen) atoms. The third-order valence-corrected chi connectivity index (χ3v) is 2.09. The van der Waals surface area contributed by atoms with Gasteiger partial charge in [0.05, 0.1) is 16.9 Å². The minimum Gasteiger partial charge on any atom is -0.341 e. The van der Waals surface area contributed by atoms with Crippen molar-refractivity contribution < 1.29 is 4.79 Å². The smallest absolute Gasteiger partial charge is 0.221 e. The molecule has 0 aliphatic rings. The van der Waals surface area contributed by atoms with Gasteiger partial charge in [-0.2, -0.15) is 0 Å². The number of imidazole rings is 1. The van der Waals surface area contributed by atoms with Crippen molar-refractivity contribution in [1.29, 1.82) is 0 Å². The lowest BCUT2D eigenvalue weighted by atomic mass is 10.3. The summed E-state index contributed by atoms with van der Waals surface area (Å²) in [5.74, 6) is 0.715. The second-order valence-corrected chi connectivity index (χ2v) is 3.50. The van der Waals surface area contributed by atoms with Gasteiger partial charge in [-0.25, -0.2) is 9.97 Å². The molecule has 0 saturated carbocycles. The van der Waals surface area contributed by atoms with Crippen molar-refractivity contribution in [2.45, 2.75) is 20.8 Å². The van der Waals surface area contributed by atoms with Gasteiger partial charge in [0.15, 0.2) is 5.65 Å². The number of pyridine rings is 1. The molecule has 0 aliphatic carbocycles. The summed E-state index contributed by atoms with van der Waals surface area (Å²) < 4.78 is 0. The number of nitrogens with one attached hydrogen (secondary N) is 2. The Morgan fingerprint density at radius 1 is 1.40 bits per heavy atom. The molecule has 0 radical (unpaired) electrons. The van der Waals surface area contributed by atoms with Crippen LogP contribution in [0.5, 0.6) is 0 Å². The topological polar surface area (TPSA) is 70.7 Å². The van der Waals surface area contributed by atoms with Crippen molar-refractivity contribution in [2.24, 2.45) is 0 Å². The lowest BCUT2D eigenvalue weighted by molar-refractivity contribution is -0.114. The van der Waals surface area contributed by atoms with E-state index in [-0.39, 0.29) is 5.91 Å². The van der Waals surface area contributed by atoms with E-state index in [1.54, 1.807) is 0 Å². The fraction of sp³-hybridized carbons (Fsp3) is 0.300. The number of hydrogen-bond donors (Lipinski definition) is 2. The number of hydrogen-bond acceptors (Lipinski definition) is 3. The van der Waals surface area contributed by atoms with E-state index in [1.807, 2.05) is 19.9 Å². The molecule has 2 rings (SSSR count). The molecule has 1 amide bonds. The number of carbonyl (C=O) groups is 1. The van der Waals surface area contributed by atoms with Gasteiger partial charge >= 0.3 is 0 Å². The molecule has 0 saturated heterocycles. The first-order valence-corrected chi connectivity index (χ1v) is 4.68. The number of aryl methyl sites for hydroxylation is 2. The van der Waals surface area contributed by atoms with E-state index < -0.39 is 0 Å². The summed E-state index contributed by atoms with van der Waals surface area (Å²) >= 11 is 0. The molecule has 0 atom stereocenters. The number of carbonyl (C=O) groups excluding carboxylic acids is 1. The summed E-state index contributed by atoms with van der Waals surface area (Å²) in [6.45, 7) is 5.19. The molecule has 78 valence electrons. The first-order valence-electron chi connectivity index (χ1n) is 4.68. The van der Waals surface area contributed by atoms with Crippen molar-refractivity contribution in [3.63, 3.8) is 0 Å². The molecular formula is C10H12N4O. The van der Waals surface area contributed by atoms with Gasteiger partial charge in [-0.1, -0.05) is 0 Å². The Morgan fingerprint density at radius 2 is 2.13 bits per heavy atom. The Balaban J connectivity index is 2.55. The first kappa shape index (κ1) is 9.64. The molecule has 0 spiro atoms. The molecule has 0 aliphatic heterocycles. The number of amides is 1. The van der Waals surface area contributed by atoms with Gasteiger partial charge in [0.25, 0.3) is 0 Å². The standard InChI is InChI=1S/C10H12N4O/c1-5-8(14-7(3)15)4-9-10(11-5)13-6(2)12-9/h4H,1-3H3,(H,14,15)(H,11,12,13). The van der Waals surface area contributed by atoms with Gasteiger partial charge in [0, 0.05) is 6.92 Å². The van der Waals surface area contributed by atoms with E-state index in [0.29, 0.717) is 5.65 Å². The van der Waals surface area contributed by atoms with Gasteiger partial charge in [-0.15, -0.1) is 0 Å². The van der Waals surface area contributed by atoms with Crippen molar-refractivity contribution in [3.05, 3.63) is 17.6 Å². The third kappa shape index (κ3) is 1.81. The van der Waals surface area contributed by atoms with Crippen molar-refractivity contribution in [3.8, 4) is 0 Å². The van der Waals surface area contributed by atoms with E-state index >= 15 is 0 Å². The number of H-pyrrole nitrogens is 1. The molecular weight excluding hydrogens is 192 g/mol. The maximum absolute atomic E-state index is 10.9. The highest BCUT2D eigenvalue weighted by Crippen LogP contribution is 2.18. The first-order chi connectivity index (χ1) is 7.06. The van der Waals surface area contributed by atoms with E-state index in [2.05, 4.69) is 20.3 Å². The highest BCUT2D eigenvalue weighted by Gasteiger charge is 2.07. The van der Waals surface area contributed by atoms with Crippen LogP contribution in [0.3, 0.4) is 0 Å². The van der Waals surface area contributed by atoms with Gasteiger partial charge in [0.2, 0.25) is 5.91 Å². The van der Waals surface area contributed by atoms with Crippen LogP contribution in [0.4, 0.5) is 5.69 Å². The van der Waals surface area contributed by atoms with Crippen LogP contribution in [0.1, 0.15) is 18.4 Å². The Hall–Kier alpha value is -1.91. The van der Waals surface area contributed by atoms with Gasteiger partial charge < -0.3 is 10.3 Å². The summed E-state index contributed by atoms with van der Waals surface area (Å²) in [6, 6.07) is 1.85. The van der Waals surface area contributed by atoms with Crippen molar-refractivity contribution in [1.82, 2.24) is 15.0 Å². The average molecular weight is 204 g/mol. The predicted octanol–water partition coefficient (Wildman–Crippen LogP) is 1.53. The van der Waals surface area contributed by atoms with Gasteiger partial charge in [-0.3, -0.25) is 4.79 Å². The number of fused-ring (bicyclic) bond motifs is 1. The highest BCUT2D eigenvalue weighted by molar-refractivity contribution is 5.91. The average Bonchev–Trinajstić information content (AvgIpc) is 2.44. The zero-order valence-electron chi connectivity index (χ0n) is 8.88. The molecule has 2 heterocycles. The molecule has 2 N–H and O–H groups in total. The van der Waals surface area contributed by atoms with E-state index in [0.717, 1.165) is 22.7 Å². The molecule has 2 aromatic rings. The number of anilines is 1. The lowest BCUT2D eigenvalue weighted by Crippen LogP contribution is -2.07. The van der Waals surface area contributed by atoms with E-state index in [4.69, 9.17) is 0 Å². The lowest BCUT2D eigenvalue weighted by Gasteiger charge is -2.04. The molecule has 2 aromatic heterocycles. The Bertz CT molecular complexity index is 529. The normalized spacial score (nSPS) is 10.6. The van der Waals surface area contributed by atoms with Crippen molar-refractivity contribution >= 4 is 22.8 Å². The second kappa shape index (κ2) is 3.34. The fourth-order valence-corrected chi connectivity index (χ4v) is 1.47. The SMILES string of the molecule is CC(=O)Nc1cc2[nH]c(C)nc2nc1C. The summed E-state index contributed by atoms with van der Waals surface area (Å²) in [5.41, 5.74) is 3.00. The number of aromatic nitrogens is 3. The monoisotopic (exact) mass is 204 g/mol. The molecule has 0 unspecified atom stereocenters. The van der Waals surface area contributed by atoms with Crippen LogP contribution in [0.2, 0.25) is 0 Å². The summed E-state index contributed by atoms with van der Waals surface area (Å²) in [6.07, 6.45) is 0. The van der Waals surface area contributed by atoms with Crippen molar-refractivity contribution in [2.75, 3.05) is 5.32 Å². The highest BCUT2D eigenvalue weighted by atomic mass is 16.1. The fourth-order valence-electron chi connectivity index (χ4n) is 1.47. The van der Waals surface area contributed by atoms with Crippen LogP contribution in [-0.4, -0.2) is 20.9 Å². The number of nitrogens with zero attached hydrogens (tertiary/aromatic N) is 2. The second-order valence-electron chi connectivity index (χ2n) is 3.50. The number of rotatable bonds is 1. The van der Waals surface area contributed by atoms with Crippen LogP contribution in [-0.2, 0) is 4.79 Å². The van der Waals surface area contributed by atoms with Crippen LogP contribution < -0.4 is 5.32 Å². The molecule has 5 nitrogen and oxygen atoms in total. The maximum Gasteiger partial charge on any atom is 0.221 e. The molecule has 0 bridgehead atoms. The van der Waals surface area contributed by atoms with Gasteiger partial charge in [-0.05, 0) is 19.9 Å². The van der Waals surface area contributed by atoms with Crippen LogP contribution in [0.25, 0.3) is 11.2 Å². The minimum atomic E-state index is -0.101. The largest absolute Gasteiger partial charge is 0.341 e. The minimum absolute atomic E-state index is 0.101. The maximum atomic E-state index is 10.9. The Morgan fingerprint density at radius 3 is 2.80 bits per heavy atom.